The number of carbonyl (C=O) groups is 2. The summed E-state index contributed by atoms with van der Waals surface area (Å²) in [6.45, 7) is -0.782. The van der Waals surface area contributed by atoms with E-state index in [1.54, 1.807) is 29.2 Å². The highest BCUT2D eigenvalue weighted by Gasteiger charge is 2.39. The summed E-state index contributed by atoms with van der Waals surface area (Å²) in [5, 5.41) is 0.376. The number of hydrogen-bond donors (Lipinski definition) is 0. The Kier molecular flexibility index (Phi) is 6.82. The second-order valence-corrected chi connectivity index (χ2v) is 9.81. The van der Waals surface area contributed by atoms with Crippen molar-refractivity contribution in [3.63, 3.8) is 0 Å². The second-order valence-electron chi connectivity index (χ2n) is 7.18. The van der Waals surface area contributed by atoms with E-state index >= 15 is 0 Å². The van der Waals surface area contributed by atoms with Gasteiger partial charge in [-0.25, -0.2) is 13.2 Å². The van der Waals surface area contributed by atoms with E-state index in [1.165, 1.54) is 0 Å². The van der Waals surface area contributed by atoms with Gasteiger partial charge in [-0.2, -0.15) is 0 Å². The summed E-state index contributed by atoms with van der Waals surface area (Å²) < 4.78 is 34.1. The van der Waals surface area contributed by atoms with Crippen LogP contribution in [0.3, 0.4) is 0 Å². The van der Waals surface area contributed by atoms with Crippen molar-refractivity contribution in [1.82, 2.24) is 4.90 Å². The number of benzene rings is 1. The minimum absolute atomic E-state index is 0.0151. The fourth-order valence-corrected chi connectivity index (χ4v) is 5.74. The zero-order chi connectivity index (χ0) is 20.1. The van der Waals surface area contributed by atoms with Gasteiger partial charge in [-0.05, 0) is 31.4 Å². The number of rotatable bonds is 7. The Morgan fingerprint density at radius 3 is 2.43 bits per heavy atom. The van der Waals surface area contributed by atoms with Crippen LogP contribution >= 0.6 is 11.6 Å². The van der Waals surface area contributed by atoms with Crippen molar-refractivity contribution >= 4 is 33.3 Å². The number of para-hydroxylation sites is 1. The summed E-state index contributed by atoms with van der Waals surface area (Å²) in [7, 11) is -3.11. The molecule has 28 heavy (non-hydrogen) atoms. The Morgan fingerprint density at radius 2 is 1.79 bits per heavy atom. The molecule has 1 atom stereocenters. The molecule has 1 aromatic carbocycles. The molecule has 0 spiro atoms. The third kappa shape index (κ3) is 5.38. The first-order valence-electron chi connectivity index (χ1n) is 9.40. The van der Waals surface area contributed by atoms with E-state index in [0.717, 1.165) is 25.7 Å². The lowest BCUT2D eigenvalue weighted by molar-refractivity contribution is -0.155. The maximum absolute atomic E-state index is 12.8. The molecule has 1 aliphatic heterocycles. The van der Waals surface area contributed by atoms with Gasteiger partial charge in [0.15, 0.2) is 23.1 Å². The third-order valence-electron chi connectivity index (χ3n) is 5.15. The Balaban J connectivity index is 1.54. The first-order valence-corrected chi connectivity index (χ1v) is 11.6. The molecule has 1 heterocycles. The molecule has 0 radical (unpaired) electrons. The molecular weight excluding hydrogens is 406 g/mol. The molecule has 3 rings (SSSR count). The van der Waals surface area contributed by atoms with E-state index in [2.05, 4.69) is 0 Å². The average Bonchev–Trinajstić information content (AvgIpc) is 3.29. The minimum Gasteiger partial charge on any atom is -0.480 e. The predicted molar refractivity (Wildman–Crippen MR) is 104 cm³/mol. The number of hydrogen-bond acceptors (Lipinski definition) is 6. The molecule has 2 fully saturated rings. The van der Waals surface area contributed by atoms with Gasteiger partial charge in [-0.1, -0.05) is 36.6 Å². The maximum atomic E-state index is 12.8. The molecule has 154 valence electrons. The number of ether oxygens (including phenoxy) is 2. The molecule has 1 aromatic rings. The highest BCUT2D eigenvalue weighted by atomic mass is 35.5. The van der Waals surface area contributed by atoms with Crippen LogP contribution in [-0.4, -0.2) is 62.0 Å². The predicted octanol–water partition coefficient (Wildman–Crippen LogP) is 2.22. The molecule has 1 saturated carbocycles. The van der Waals surface area contributed by atoms with Crippen LogP contribution in [-0.2, 0) is 24.2 Å². The Bertz CT molecular complexity index is 821. The van der Waals surface area contributed by atoms with Crippen LogP contribution in [0.5, 0.6) is 5.75 Å². The van der Waals surface area contributed by atoms with Gasteiger partial charge < -0.3 is 14.4 Å². The van der Waals surface area contributed by atoms with Gasteiger partial charge in [0.2, 0.25) is 0 Å². The first-order chi connectivity index (χ1) is 13.4. The number of sulfone groups is 1. The molecule has 1 unspecified atom stereocenters. The van der Waals surface area contributed by atoms with Crippen molar-refractivity contribution in [2.75, 3.05) is 24.7 Å². The lowest BCUT2D eigenvalue weighted by Crippen LogP contribution is -2.48. The zero-order valence-corrected chi connectivity index (χ0v) is 17.1. The monoisotopic (exact) mass is 429 g/mol. The van der Waals surface area contributed by atoms with E-state index in [-0.39, 0.29) is 36.1 Å². The smallest absolute Gasteiger partial charge is 0.344 e. The van der Waals surface area contributed by atoms with Crippen LogP contribution in [0.4, 0.5) is 0 Å². The van der Waals surface area contributed by atoms with Crippen LogP contribution < -0.4 is 4.74 Å². The fraction of sp³-hybridized carbons (Fsp3) is 0.579. The summed E-state index contributed by atoms with van der Waals surface area (Å²) in [5.41, 5.74) is 0. The van der Waals surface area contributed by atoms with Crippen molar-refractivity contribution in [1.29, 1.82) is 0 Å². The molecular formula is C19H24ClNO6S. The molecule has 1 amide bonds. The van der Waals surface area contributed by atoms with Crippen LogP contribution in [0.15, 0.2) is 24.3 Å². The van der Waals surface area contributed by atoms with Gasteiger partial charge >= 0.3 is 5.97 Å². The van der Waals surface area contributed by atoms with E-state index in [0.29, 0.717) is 17.2 Å². The summed E-state index contributed by atoms with van der Waals surface area (Å²) >= 11 is 5.96. The van der Waals surface area contributed by atoms with Crippen LogP contribution in [0.1, 0.15) is 32.1 Å². The molecule has 0 N–H and O–H groups in total. The molecule has 7 nitrogen and oxygen atoms in total. The highest BCUT2D eigenvalue weighted by molar-refractivity contribution is 7.91. The molecule has 1 saturated heterocycles. The number of halogens is 1. The molecule has 1 aliphatic carbocycles. The van der Waals surface area contributed by atoms with Crippen molar-refractivity contribution in [2.45, 2.75) is 44.2 Å². The van der Waals surface area contributed by atoms with Crippen LogP contribution in [0.2, 0.25) is 5.02 Å². The zero-order valence-electron chi connectivity index (χ0n) is 15.5. The summed E-state index contributed by atoms with van der Waals surface area (Å²) in [5.74, 6) is -0.590. The number of amides is 1. The van der Waals surface area contributed by atoms with Gasteiger partial charge in [0.1, 0.15) is 5.75 Å². The maximum Gasteiger partial charge on any atom is 0.344 e. The largest absolute Gasteiger partial charge is 0.480 e. The number of nitrogens with zero attached hydrogens (tertiary/aromatic N) is 1. The molecule has 2 aliphatic rings. The van der Waals surface area contributed by atoms with Crippen LogP contribution in [0.25, 0.3) is 0 Å². The van der Waals surface area contributed by atoms with E-state index in [4.69, 9.17) is 21.1 Å². The molecule has 9 heteroatoms. The summed E-state index contributed by atoms with van der Waals surface area (Å²) in [6.07, 6.45) is 4.17. The lowest BCUT2D eigenvalue weighted by Gasteiger charge is -2.33. The average molecular weight is 430 g/mol. The first kappa shape index (κ1) is 20.9. The van der Waals surface area contributed by atoms with E-state index < -0.39 is 22.4 Å². The Morgan fingerprint density at radius 1 is 1.07 bits per heavy atom. The Hall–Kier alpha value is -1.80. The minimum atomic E-state index is -3.11. The Labute approximate surface area is 169 Å². The standard InChI is InChI=1S/C19H24ClNO6S/c20-16-7-3-4-8-17(16)26-12-19(23)27-11-18(22)21(14-5-1-2-6-14)15-9-10-28(24,25)13-15/h3-4,7-8,14-15H,1-2,5-6,9-13H2. The van der Waals surface area contributed by atoms with Gasteiger partial charge in [0, 0.05) is 12.1 Å². The third-order valence-corrected chi connectivity index (χ3v) is 7.21. The highest BCUT2D eigenvalue weighted by Crippen LogP contribution is 2.29. The van der Waals surface area contributed by atoms with Gasteiger partial charge in [-0.15, -0.1) is 0 Å². The number of carbonyl (C=O) groups excluding carboxylic acids is 2. The summed E-state index contributed by atoms with van der Waals surface area (Å²) in [4.78, 5) is 26.3. The van der Waals surface area contributed by atoms with Crippen molar-refractivity contribution in [3.8, 4) is 5.75 Å². The second kappa shape index (κ2) is 9.13. The SMILES string of the molecule is O=C(COc1ccccc1Cl)OCC(=O)N(C1CCCC1)C1CCS(=O)(=O)C1. The van der Waals surface area contributed by atoms with E-state index in [9.17, 15) is 18.0 Å². The fourth-order valence-electron chi connectivity index (χ4n) is 3.84. The molecule has 0 aromatic heterocycles. The van der Waals surface area contributed by atoms with Crippen molar-refractivity contribution in [3.05, 3.63) is 29.3 Å². The van der Waals surface area contributed by atoms with Gasteiger partial charge in [-0.3, -0.25) is 4.79 Å². The molecule has 0 bridgehead atoms. The lowest BCUT2D eigenvalue weighted by atomic mass is 10.1. The van der Waals surface area contributed by atoms with Gasteiger partial charge in [0.25, 0.3) is 5.91 Å². The topological polar surface area (TPSA) is 90.0 Å². The normalized spacial score (nSPS) is 21.4. The quantitative estimate of drug-likeness (QED) is 0.617. The van der Waals surface area contributed by atoms with Crippen molar-refractivity contribution < 1.29 is 27.5 Å². The van der Waals surface area contributed by atoms with Gasteiger partial charge in [0.05, 0.1) is 16.5 Å². The summed E-state index contributed by atoms with van der Waals surface area (Å²) in [6, 6.07) is 6.42. The van der Waals surface area contributed by atoms with Crippen LogP contribution in [0, 0.1) is 0 Å². The number of esters is 1. The van der Waals surface area contributed by atoms with Crippen molar-refractivity contribution in [2.24, 2.45) is 0 Å². The van der Waals surface area contributed by atoms with E-state index in [1.807, 2.05) is 0 Å².